The fraction of sp³-hybridized carbons (Fsp3) is 0.227. The van der Waals surface area contributed by atoms with Gasteiger partial charge in [-0.3, -0.25) is 9.88 Å². The molecule has 28 heavy (non-hydrogen) atoms. The number of nitrogens with zero attached hydrogens (tertiary/aromatic N) is 5. The van der Waals surface area contributed by atoms with E-state index in [2.05, 4.69) is 62.3 Å². The van der Waals surface area contributed by atoms with Crippen LogP contribution in [-0.4, -0.2) is 36.2 Å². The zero-order valence-corrected chi connectivity index (χ0v) is 15.8. The summed E-state index contributed by atoms with van der Waals surface area (Å²) < 4.78 is 1.96. The number of benzene rings is 1. The SMILES string of the molecule is Cc1ccccc1-n1cc(CN2CCc3[nH]cnc3[C@@H]2c2ccccn2)cn1. The van der Waals surface area contributed by atoms with Gasteiger partial charge in [-0.25, -0.2) is 9.67 Å². The van der Waals surface area contributed by atoms with E-state index in [1.54, 1.807) is 6.33 Å². The fourth-order valence-corrected chi connectivity index (χ4v) is 3.99. The number of rotatable bonds is 4. The minimum Gasteiger partial charge on any atom is -0.348 e. The number of aryl methyl sites for hydroxylation is 1. The molecule has 6 nitrogen and oxygen atoms in total. The van der Waals surface area contributed by atoms with Crippen molar-refractivity contribution in [2.75, 3.05) is 6.54 Å². The van der Waals surface area contributed by atoms with Crippen LogP contribution in [0.1, 0.15) is 34.3 Å². The minimum atomic E-state index is 0.0537. The average Bonchev–Trinajstić information content (AvgIpc) is 3.38. The number of fused-ring (bicyclic) bond motifs is 1. The van der Waals surface area contributed by atoms with Crippen molar-refractivity contribution in [2.24, 2.45) is 0 Å². The molecule has 6 heteroatoms. The van der Waals surface area contributed by atoms with E-state index in [0.717, 1.165) is 36.6 Å². The van der Waals surface area contributed by atoms with Gasteiger partial charge >= 0.3 is 0 Å². The predicted molar refractivity (Wildman–Crippen MR) is 107 cm³/mol. The second-order valence-corrected chi connectivity index (χ2v) is 7.22. The molecule has 0 radical (unpaired) electrons. The van der Waals surface area contributed by atoms with Crippen molar-refractivity contribution in [2.45, 2.75) is 25.9 Å². The molecule has 1 aliphatic rings. The first-order valence-corrected chi connectivity index (χ1v) is 9.56. The Balaban J connectivity index is 1.45. The molecule has 5 rings (SSSR count). The van der Waals surface area contributed by atoms with Crippen LogP contribution in [-0.2, 0) is 13.0 Å². The van der Waals surface area contributed by atoms with Crippen LogP contribution in [0.25, 0.3) is 5.69 Å². The van der Waals surface area contributed by atoms with Crippen LogP contribution in [0.2, 0.25) is 0 Å². The van der Waals surface area contributed by atoms with Crippen LogP contribution < -0.4 is 0 Å². The summed E-state index contributed by atoms with van der Waals surface area (Å²) in [6.45, 7) is 3.86. The summed E-state index contributed by atoms with van der Waals surface area (Å²) in [7, 11) is 0. The third kappa shape index (κ3) is 3.01. The highest BCUT2D eigenvalue weighted by Crippen LogP contribution is 2.33. The molecule has 0 saturated heterocycles. The van der Waals surface area contributed by atoms with Crippen molar-refractivity contribution in [1.29, 1.82) is 0 Å². The summed E-state index contributed by atoms with van der Waals surface area (Å²) in [4.78, 5) is 15.0. The van der Waals surface area contributed by atoms with Crippen molar-refractivity contribution >= 4 is 0 Å². The molecule has 4 aromatic rings. The Morgan fingerprint density at radius 3 is 2.86 bits per heavy atom. The Morgan fingerprint density at radius 2 is 2.00 bits per heavy atom. The number of imidazole rings is 1. The summed E-state index contributed by atoms with van der Waals surface area (Å²) in [5.74, 6) is 0. The van der Waals surface area contributed by atoms with Gasteiger partial charge in [0, 0.05) is 43.2 Å². The Labute approximate surface area is 163 Å². The summed E-state index contributed by atoms with van der Waals surface area (Å²) in [5.41, 5.74) is 6.83. The first-order chi connectivity index (χ1) is 13.8. The van der Waals surface area contributed by atoms with Crippen molar-refractivity contribution in [3.63, 3.8) is 0 Å². The molecule has 1 atom stereocenters. The zero-order valence-electron chi connectivity index (χ0n) is 15.8. The number of aromatic nitrogens is 5. The molecular formula is C22H22N6. The van der Waals surface area contributed by atoms with Gasteiger partial charge in [-0.1, -0.05) is 24.3 Å². The lowest BCUT2D eigenvalue weighted by molar-refractivity contribution is 0.197. The van der Waals surface area contributed by atoms with Crippen LogP contribution in [0, 0.1) is 6.92 Å². The monoisotopic (exact) mass is 370 g/mol. The van der Waals surface area contributed by atoms with E-state index in [0.29, 0.717) is 0 Å². The summed E-state index contributed by atoms with van der Waals surface area (Å²) in [6, 6.07) is 14.4. The number of para-hydroxylation sites is 1. The molecule has 0 fully saturated rings. The highest BCUT2D eigenvalue weighted by atomic mass is 15.3. The Hall–Kier alpha value is -3.25. The first-order valence-electron chi connectivity index (χ1n) is 9.56. The molecule has 1 aliphatic heterocycles. The molecule has 0 unspecified atom stereocenters. The molecule has 0 bridgehead atoms. The summed E-state index contributed by atoms with van der Waals surface area (Å²) >= 11 is 0. The molecule has 0 amide bonds. The summed E-state index contributed by atoms with van der Waals surface area (Å²) in [6.07, 6.45) is 8.69. The van der Waals surface area contributed by atoms with Crippen LogP contribution in [0.15, 0.2) is 67.4 Å². The molecule has 0 aliphatic carbocycles. The molecule has 140 valence electrons. The van der Waals surface area contributed by atoms with Crippen molar-refractivity contribution in [3.8, 4) is 5.69 Å². The second kappa shape index (κ2) is 7.05. The van der Waals surface area contributed by atoms with Crippen molar-refractivity contribution in [3.05, 3.63) is 95.6 Å². The van der Waals surface area contributed by atoms with Gasteiger partial charge in [0.2, 0.25) is 0 Å². The van der Waals surface area contributed by atoms with Gasteiger partial charge < -0.3 is 4.98 Å². The first kappa shape index (κ1) is 16.9. The predicted octanol–water partition coefficient (Wildman–Crippen LogP) is 3.45. The quantitative estimate of drug-likeness (QED) is 0.598. The molecule has 1 aromatic carbocycles. The Bertz CT molecular complexity index is 1080. The number of pyridine rings is 1. The van der Waals surface area contributed by atoms with E-state index >= 15 is 0 Å². The van der Waals surface area contributed by atoms with Crippen LogP contribution >= 0.6 is 0 Å². The van der Waals surface area contributed by atoms with Crippen molar-refractivity contribution < 1.29 is 0 Å². The maximum atomic E-state index is 4.62. The fourth-order valence-electron chi connectivity index (χ4n) is 3.99. The normalized spacial score (nSPS) is 16.8. The average molecular weight is 370 g/mol. The number of aromatic amines is 1. The molecule has 1 N–H and O–H groups in total. The number of hydrogen-bond acceptors (Lipinski definition) is 4. The lowest BCUT2D eigenvalue weighted by atomic mass is 9.99. The van der Waals surface area contributed by atoms with E-state index in [4.69, 9.17) is 0 Å². The topological polar surface area (TPSA) is 62.6 Å². The third-order valence-corrected chi connectivity index (χ3v) is 5.38. The van der Waals surface area contributed by atoms with E-state index < -0.39 is 0 Å². The number of hydrogen-bond donors (Lipinski definition) is 1. The van der Waals surface area contributed by atoms with Crippen molar-refractivity contribution in [1.82, 2.24) is 29.6 Å². The Morgan fingerprint density at radius 1 is 1.11 bits per heavy atom. The highest BCUT2D eigenvalue weighted by Gasteiger charge is 2.32. The highest BCUT2D eigenvalue weighted by molar-refractivity contribution is 5.39. The lowest BCUT2D eigenvalue weighted by Gasteiger charge is -2.34. The van der Waals surface area contributed by atoms with E-state index in [-0.39, 0.29) is 6.04 Å². The molecular weight excluding hydrogens is 348 g/mol. The van der Waals surface area contributed by atoms with E-state index in [1.807, 2.05) is 35.3 Å². The Kier molecular flexibility index (Phi) is 4.25. The van der Waals surface area contributed by atoms with Gasteiger partial charge in [0.15, 0.2) is 0 Å². The van der Waals surface area contributed by atoms with Gasteiger partial charge in [0.05, 0.1) is 35.6 Å². The van der Waals surface area contributed by atoms with Gasteiger partial charge in [0.25, 0.3) is 0 Å². The lowest BCUT2D eigenvalue weighted by Crippen LogP contribution is -2.36. The van der Waals surface area contributed by atoms with Crippen LogP contribution in [0.3, 0.4) is 0 Å². The molecule has 0 saturated carbocycles. The van der Waals surface area contributed by atoms with Crippen LogP contribution in [0.5, 0.6) is 0 Å². The smallest absolute Gasteiger partial charge is 0.0971 e. The maximum Gasteiger partial charge on any atom is 0.0971 e. The van der Waals surface area contributed by atoms with Gasteiger partial charge in [-0.2, -0.15) is 5.10 Å². The third-order valence-electron chi connectivity index (χ3n) is 5.38. The van der Waals surface area contributed by atoms with Gasteiger partial charge in [0.1, 0.15) is 0 Å². The zero-order chi connectivity index (χ0) is 18.9. The second-order valence-electron chi connectivity index (χ2n) is 7.22. The van der Waals surface area contributed by atoms with Gasteiger partial charge in [-0.15, -0.1) is 0 Å². The molecule has 4 heterocycles. The number of H-pyrrole nitrogens is 1. The maximum absolute atomic E-state index is 4.62. The van der Waals surface area contributed by atoms with Gasteiger partial charge in [-0.05, 0) is 30.7 Å². The van der Waals surface area contributed by atoms with E-state index in [1.165, 1.54) is 16.8 Å². The largest absolute Gasteiger partial charge is 0.348 e. The minimum absolute atomic E-state index is 0.0537. The van der Waals surface area contributed by atoms with Crippen LogP contribution in [0.4, 0.5) is 0 Å². The summed E-state index contributed by atoms with van der Waals surface area (Å²) in [5, 5.41) is 4.60. The molecule has 3 aromatic heterocycles. The van der Waals surface area contributed by atoms with E-state index in [9.17, 15) is 0 Å². The molecule has 0 spiro atoms. The number of nitrogens with one attached hydrogen (secondary N) is 1. The standard InChI is InChI=1S/C22H22N6/c1-16-6-2-3-8-20(16)28-14-17(12-26-28)13-27-11-9-18-21(25-15-24-18)22(27)19-7-4-5-10-23-19/h2-8,10,12,14-15,22H,9,11,13H2,1H3,(H,24,25)/t22-/m0/s1.